The lowest BCUT2D eigenvalue weighted by Crippen LogP contribution is -2.44. The van der Waals surface area contributed by atoms with E-state index in [2.05, 4.69) is 23.2 Å². The summed E-state index contributed by atoms with van der Waals surface area (Å²) in [6, 6.07) is 0. The molecule has 4 aliphatic carbocycles. The number of rotatable bonds is 2. The number of hydrogen-bond donors (Lipinski definition) is 0. The van der Waals surface area contributed by atoms with E-state index in [1.54, 1.807) is 0 Å². The van der Waals surface area contributed by atoms with Crippen molar-refractivity contribution in [2.45, 2.75) is 34.5 Å². The summed E-state index contributed by atoms with van der Waals surface area (Å²) in [7, 11) is 0. The minimum Gasteiger partial charge on any atom is -0.203 e. The standard InChI is InChI=1S/C16F16.C8Cl2F8/c17-5-1-6(18)8(20)2(7(5)19)15(29,30)16(31,32)4-11(23)9(21)3(10(22)12(4)24)14(27,28)13(1,25)26;9-7(15,16)1-3(11)5(13)2(8(10,17)18)6(14)4(1)12. The van der Waals surface area contributed by atoms with Gasteiger partial charge in [0.25, 0.3) is 0 Å². The maximum absolute atomic E-state index is 14.2. The van der Waals surface area contributed by atoms with Crippen LogP contribution in [0.5, 0.6) is 0 Å². The molecular formula is C24Cl2F24. The summed E-state index contributed by atoms with van der Waals surface area (Å²) in [5.41, 5.74) is -20.1. The van der Waals surface area contributed by atoms with Crippen molar-refractivity contribution in [2.75, 3.05) is 0 Å². The van der Waals surface area contributed by atoms with Gasteiger partial charge in [0.1, 0.15) is 33.4 Å². The van der Waals surface area contributed by atoms with Gasteiger partial charge in [0.2, 0.25) is 0 Å². The highest BCUT2D eigenvalue weighted by Crippen LogP contribution is 2.59. The highest BCUT2D eigenvalue weighted by Gasteiger charge is 2.70. The third-order valence-corrected chi connectivity index (χ3v) is 6.78. The molecule has 0 unspecified atom stereocenters. The molecule has 0 saturated carbocycles. The van der Waals surface area contributed by atoms with Crippen molar-refractivity contribution in [1.29, 1.82) is 0 Å². The van der Waals surface area contributed by atoms with Crippen LogP contribution in [-0.2, 0) is 34.5 Å². The Bertz CT molecular complexity index is 1590. The Labute approximate surface area is 266 Å². The Morgan fingerprint density at radius 1 is 0.280 bits per heavy atom. The van der Waals surface area contributed by atoms with Crippen molar-refractivity contribution < 1.29 is 105 Å². The van der Waals surface area contributed by atoms with Crippen molar-refractivity contribution in [3.63, 3.8) is 0 Å². The van der Waals surface area contributed by atoms with Crippen LogP contribution in [0.4, 0.5) is 105 Å². The van der Waals surface area contributed by atoms with E-state index in [-0.39, 0.29) is 0 Å². The third kappa shape index (κ3) is 5.63. The van der Waals surface area contributed by atoms with Crippen LogP contribution in [0.3, 0.4) is 0 Å². The second-order valence-corrected chi connectivity index (χ2v) is 10.3. The summed E-state index contributed by atoms with van der Waals surface area (Å²) >= 11 is 8.43. The van der Waals surface area contributed by atoms with Gasteiger partial charge in [-0.05, 0) is 23.2 Å². The first-order valence-electron chi connectivity index (χ1n) is 11.4. The molecule has 0 aromatic heterocycles. The Balaban J connectivity index is 0.000000319. The van der Waals surface area contributed by atoms with Gasteiger partial charge in [-0.3, -0.25) is 0 Å². The highest BCUT2D eigenvalue weighted by atomic mass is 35.5. The molecular weight excluding hydrogens is 815 g/mol. The average Bonchev–Trinajstić information content (AvgIpc) is 2.92. The Morgan fingerprint density at radius 3 is 0.500 bits per heavy atom. The molecule has 50 heavy (non-hydrogen) atoms. The van der Waals surface area contributed by atoms with E-state index in [1.165, 1.54) is 0 Å². The van der Waals surface area contributed by atoms with Crippen molar-refractivity contribution in [2.24, 2.45) is 0 Å². The minimum atomic E-state index is -6.82. The van der Waals surface area contributed by atoms with Gasteiger partial charge in [-0.25, -0.2) is 52.7 Å². The van der Waals surface area contributed by atoms with E-state index in [0.717, 1.165) is 0 Å². The van der Waals surface area contributed by atoms with Crippen molar-refractivity contribution >= 4 is 23.2 Å². The minimum absolute atomic E-state index is 2.51. The molecule has 4 bridgehead atoms. The fourth-order valence-corrected chi connectivity index (χ4v) is 4.46. The van der Waals surface area contributed by atoms with Crippen LogP contribution in [0.2, 0.25) is 0 Å². The van der Waals surface area contributed by atoms with E-state index in [9.17, 15) is 105 Å². The first-order valence-corrected chi connectivity index (χ1v) is 12.2. The molecule has 0 amide bonds. The number of benzene rings is 3. The summed E-state index contributed by atoms with van der Waals surface area (Å²) in [5, 5.41) is -9.65. The molecule has 0 saturated heterocycles. The van der Waals surface area contributed by atoms with E-state index >= 15 is 0 Å². The van der Waals surface area contributed by atoms with Gasteiger partial charge in [-0.1, -0.05) is 0 Å². The van der Waals surface area contributed by atoms with E-state index in [1.807, 2.05) is 0 Å². The topological polar surface area (TPSA) is 0 Å². The summed E-state index contributed by atoms with van der Waals surface area (Å²) in [6.07, 6.45) is 0. The first kappa shape index (κ1) is 41.0. The summed E-state index contributed by atoms with van der Waals surface area (Å²) < 4.78 is 327. The summed E-state index contributed by atoms with van der Waals surface area (Å²) in [4.78, 5) is 0. The predicted octanol–water partition coefficient (Wildman–Crippen LogP) is 11.7. The van der Waals surface area contributed by atoms with Gasteiger partial charge in [0, 0.05) is 0 Å². The van der Waals surface area contributed by atoms with Crippen LogP contribution in [0.15, 0.2) is 0 Å². The maximum atomic E-state index is 14.2. The third-order valence-electron chi connectivity index (χ3n) is 6.40. The Hall–Kier alpha value is -3.44. The smallest absolute Gasteiger partial charge is 0.203 e. The van der Waals surface area contributed by atoms with Crippen molar-refractivity contribution in [1.82, 2.24) is 0 Å². The lowest BCUT2D eigenvalue weighted by molar-refractivity contribution is -0.236. The zero-order chi connectivity index (χ0) is 39.4. The van der Waals surface area contributed by atoms with Gasteiger partial charge in [0.05, 0.1) is 0 Å². The van der Waals surface area contributed by atoms with Crippen LogP contribution >= 0.6 is 23.2 Å². The predicted molar refractivity (Wildman–Crippen MR) is 114 cm³/mol. The van der Waals surface area contributed by atoms with E-state index < -0.39 is 138 Å². The summed E-state index contributed by atoms with van der Waals surface area (Å²) in [5.74, 6) is -68.4. The Kier molecular flexibility index (Phi) is 9.90. The van der Waals surface area contributed by atoms with Gasteiger partial charge in [0.15, 0.2) is 69.8 Å². The van der Waals surface area contributed by atoms with E-state index in [4.69, 9.17) is 0 Å². The maximum Gasteiger partial charge on any atom is 0.354 e. The quantitative estimate of drug-likeness (QED) is 0.137. The molecule has 0 atom stereocenters. The fourth-order valence-electron chi connectivity index (χ4n) is 4.12. The van der Waals surface area contributed by atoms with Crippen LogP contribution in [-0.4, -0.2) is 0 Å². The molecule has 3 aromatic rings. The van der Waals surface area contributed by atoms with Crippen LogP contribution in [0.25, 0.3) is 0 Å². The van der Waals surface area contributed by atoms with Crippen LogP contribution < -0.4 is 0 Å². The molecule has 278 valence electrons. The number of alkyl halides is 14. The Morgan fingerprint density at radius 2 is 0.400 bits per heavy atom. The lowest BCUT2D eigenvalue weighted by Gasteiger charge is -2.33. The molecule has 0 nitrogen and oxygen atoms in total. The second-order valence-electron chi connectivity index (χ2n) is 9.31. The molecule has 0 fully saturated rings. The van der Waals surface area contributed by atoms with Gasteiger partial charge in [-0.15, -0.1) is 0 Å². The molecule has 0 aliphatic heterocycles. The highest BCUT2D eigenvalue weighted by molar-refractivity contribution is 6.22. The molecule has 26 heteroatoms. The molecule has 0 spiro atoms. The number of halogens is 26. The SMILES string of the molecule is Fc1c(F)c(C(F)(F)Cl)c(F)c(F)c1C(F)(F)Cl.Fc1c(F)c2c(F)c(F)c1C(F)(F)C(F)(F)c1c(F)c(F)c(c(F)c1F)C(F)(F)C2(F)F. The molecule has 7 rings (SSSR count). The number of hydrogen-bond acceptors (Lipinski definition) is 0. The van der Waals surface area contributed by atoms with Gasteiger partial charge < -0.3 is 0 Å². The van der Waals surface area contributed by atoms with Crippen molar-refractivity contribution in [3.05, 3.63) is 103 Å². The molecule has 0 heterocycles. The first-order chi connectivity index (χ1) is 22.2. The largest absolute Gasteiger partial charge is 0.354 e. The molecule has 3 aromatic carbocycles. The molecule has 0 radical (unpaired) electrons. The zero-order valence-electron chi connectivity index (χ0n) is 21.8. The molecule has 0 N–H and O–H groups in total. The normalized spacial score (nSPS) is 17.6. The molecule has 4 aliphatic rings. The van der Waals surface area contributed by atoms with Gasteiger partial charge in [-0.2, -0.15) is 52.7 Å². The second kappa shape index (κ2) is 12.1. The van der Waals surface area contributed by atoms with Crippen molar-refractivity contribution in [3.8, 4) is 0 Å². The lowest BCUT2D eigenvalue weighted by atomic mass is 9.86. The van der Waals surface area contributed by atoms with Crippen LogP contribution in [0.1, 0.15) is 33.4 Å². The van der Waals surface area contributed by atoms with Gasteiger partial charge >= 0.3 is 34.5 Å². The van der Waals surface area contributed by atoms with Crippen LogP contribution in [0, 0.1) is 69.8 Å². The van der Waals surface area contributed by atoms with E-state index in [0.29, 0.717) is 0 Å². The summed E-state index contributed by atoms with van der Waals surface area (Å²) in [6.45, 7) is 0. The fraction of sp³-hybridized carbons (Fsp3) is 0.250. The monoisotopic (exact) mass is 814 g/mol. The average molecular weight is 815 g/mol. The zero-order valence-corrected chi connectivity index (χ0v) is 23.3.